The SMILES string of the molecule is CNC(=O)C1CCC(Oc2cccc3nc(C)c(C(=O)O)c(N)c23)CC1. The van der Waals surface area contributed by atoms with Crippen molar-refractivity contribution in [3.63, 3.8) is 0 Å². The van der Waals surface area contributed by atoms with E-state index in [2.05, 4.69) is 10.3 Å². The van der Waals surface area contributed by atoms with Gasteiger partial charge >= 0.3 is 5.97 Å². The Morgan fingerprint density at radius 1 is 1.27 bits per heavy atom. The Bertz CT molecular complexity index is 857. The molecule has 0 saturated heterocycles. The third-order valence-electron chi connectivity index (χ3n) is 4.99. The van der Waals surface area contributed by atoms with Gasteiger partial charge in [0.2, 0.25) is 5.91 Å². The van der Waals surface area contributed by atoms with Crippen molar-refractivity contribution in [3.05, 3.63) is 29.5 Å². The molecule has 7 heteroatoms. The number of aryl methyl sites for hydroxylation is 1. The average Bonchev–Trinajstić information content (AvgIpc) is 2.61. The number of nitrogens with zero attached hydrogens (tertiary/aromatic N) is 1. The average molecular weight is 357 g/mol. The summed E-state index contributed by atoms with van der Waals surface area (Å²) in [4.78, 5) is 27.6. The number of amides is 1. The number of carboxylic acids is 1. The predicted octanol–water partition coefficient (Wildman–Crippen LogP) is 2.51. The lowest BCUT2D eigenvalue weighted by Crippen LogP contribution is -2.33. The fraction of sp³-hybridized carbons (Fsp3) is 0.421. The van der Waals surface area contributed by atoms with Crippen LogP contribution in [0, 0.1) is 12.8 Å². The number of aromatic nitrogens is 1. The molecular formula is C19H23N3O4. The molecule has 0 spiro atoms. The maximum absolute atomic E-state index is 11.8. The fourth-order valence-corrected chi connectivity index (χ4v) is 3.63. The van der Waals surface area contributed by atoms with E-state index >= 15 is 0 Å². The first-order chi connectivity index (χ1) is 12.4. The number of benzene rings is 1. The van der Waals surface area contributed by atoms with Crippen molar-refractivity contribution in [2.24, 2.45) is 5.92 Å². The molecule has 3 rings (SSSR count). The molecule has 1 aliphatic carbocycles. The second-order valence-electron chi connectivity index (χ2n) is 6.65. The lowest BCUT2D eigenvalue weighted by molar-refractivity contribution is -0.125. The molecule has 0 unspecified atom stereocenters. The van der Waals surface area contributed by atoms with Gasteiger partial charge in [-0.1, -0.05) is 6.07 Å². The Labute approximate surface area is 151 Å². The fourth-order valence-electron chi connectivity index (χ4n) is 3.63. The van der Waals surface area contributed by atoms with Gasteiger partial charge in [-0.05, 0) is 44.7 Å². The van der Waals surface area contributed by atoms with E-state index in [1.54, 1.807) is 26.1 Å². The molecule has 1 aromatic heterocycles. The van der Waals surface area contributed by atoms with Crippen molar-refractivity contribution in [3.8, 4) is 5.75 Å². The number of rotatable bonds is 4. The molecule has 0 bridgehead atoms. The zero-order chi connectivity index (χ0) is 18.8. The minimum atomic E-state index is -1.10. The summed E-state index contributed by atoms with van der Waals surface area (Å²) in [6.07, 6.45) is 3.03. The van der Waals surface area contributed by atoms with Gasteiger partial charge in [0.15, 0.2) is 0 Å². The number of carboxylic acid groups (broad SMARTS) is 1. The first-order valence-corrected chi connectivity index (χ1v) is 8.72. The highest BCUT2D eigenvalue weighted by Gasteiger charge is 2.27. The van der Waals surface area contributed by atoms with Gasteiger partial charge in [-0.3, -0.25) is 9.78 Å². The molecule has 1 amide bonds. The van der Waals surface area contributed by atoms with Gasteiger partial charge in [0.05, 0.1) is 28.4 Å². The van der Waals surface area contributed by atoms with Gasteiger partial charge in [-0.25, -0.2) is 4.79 Å². The maximum Gasteiger partial charge on any atom is 0.339 e. The summed E-state index contributed by atoms with van der Waals surface area (Å²) in [7, 11) is 1.65. The number of anilines is 1. The van der Waals surface area contributed by atoms with E-state index in [0.29, 0.717) is 22.3 Å². The Morgan fingerprint density at radius 3 is 2.58 bits per heavy atom. The Hall–Kier alpha value is -2.83. The molecule has 4 N–H and O–H groups in total. The van der Waals surface area contributed by atoms with Crippen LogP contribution in [0.2, 0.25) is 0 Å². The largest absolute Gasteiger partial charge is 0.490 e. The van der Waals surface area contributed by atoms with E-state index in [1.807, 2.05) is 6.07 Å². The van der Waals surface area contributed by atoms with Gasteiger partial charge in [0.25, 0.3) is 0 Å². The van der Waals surface area contributed by atoms with Crippen LogP contribution in [0.5, 0.6) is 5.75 Å². The first-order valence-electron chi connectivity index (χ1n) is 8.72. The molecule has 1 aliphatic rings. The molecule has 1 saturated carbocycles. The topological polar surface area (TPSA) is 115 Å². The quantitative estimate of drug-likeness (QED) is 0.774. The van der Waals surface area contributed by atoms with E-state index < -0.39 is 5.97 Å². The number of carbonyl (C=O) groups is 2. The molecule has 1 heterocycles. The van der Waals surface area contributed by atoms with Gasteiger partial charge in [0.1, 0.15) is 11.3 Å². The lowest BCUT2D eigenvalue weighted by Gasteiger charge is -2.28. The van der Waals surface area contributed by atoms with Crippen molar-refractivity contribution >= 4 is 28.5 Å². The molecule has 7 nitrogen and oxygen atoms in total. The summed E-state index contributed by atoms with van der Waals surface area (Å²) in [5.41, 5.74) is 7.33. The van der Waals surface area contributed by atoms with Crippen molar-refractivity contribution in [2.75, 3.05) is 12.8 Å². The minimum Gasteiger partial charge on any atom is -0.490 e. The van der Waals surface area contributed by atoms with Crippen LogP contribution in [0.15, 0.2) is 18.2 Å². The highest BCUT2D eigenvalue weighted by Crippen LogP contribution is 2.36. The van der Waals surface area contributed by atoms with Crippen LogP contribution in [-0.4, -0.2) is 35.1 Å². The molecule has 0 aliphatic heterocycles. The predicted molar refractivity (Wildman–Crippen MR) is 98.3 cm³/mol. The normalized spacial score (nSPS) is 19.9. The highest BCUT2D eigenvalue weighted by molar-refractivity contribution is 6.06. The third-order valence-corrected chi connectivity index (χ3v) is 4.99. The van der Waals surface area contributed by atoms with Crippen molar-refractivity contribution in [2.45, 2.75) is 38.7 Å². The Morgan fingerprint density at radius 2 is 1.96 bits per heavy atom. The number of fused-ring (bicyclic) bond motifs is 1. The molecule has 0 radical (unpaired) electrons. The molecule has 0 atom stereocenters. The summed E-state index contributed by atoms with van der Waals surface area (Å²) in [5, 5.41) is 12.6. The van der Waals surface area contributed by atoms with E-state index in [-0.39, 0.29) is 29.2 Å². The monoisotopic (exact) mass is 357 g/mol. The number of nitrogens with one attached hydrogen (secondary N) is 1. The molecule has 26 heavy (non-hydrogen) atoms. The van der Waals surface area contributed by atoms with Crippen LogP contribution >= 0.6 is 0 Å². The van der Waals surface area contributed by atoms with Crippen LogP contribution in [0.1, 0.15) is 41.7 Å². The number of nitrogen functional groups attached to an aromatic ring is 1. The second kappa shape index (κ2) is 7.19. The summed E-state index contributed by atoms with van der Waals surface area (Å²) >= 11 is 0. The number of nitrogens with two attached hydrogens (primary N) is 1. The number of pyridine rings is 1. The van der Waals surface area contributed by atoms with Gasteiger partial charge in [-0.15, -0.1) is 0 Å². The number of hydrogen-bond donors (Lipinski definition) is 3. The van der Waals surface area contributed by atoms with Crippen LogP contribution < -0.4 is 15.8 Å². The van der Waals surface area contributed by atoms with Gasteiger partial charge < -0.3 is 20.9 Å². The summed E-state index contributed by atoms with van der Waals surface area (Å²) in [6.45, 7) is 1.63. The third kappa shape index (κ3) is 3.29. The van der Waals surface area contributed by atoms with Crippen molar-refractivity contribution in [1.29, 1.82) is 0 Å². The lowest BCUT2D eigenvalue weighted by atomic mass is 9.87. The van der Waals surface area contributed by atoms with Crippen LogP contribution in [0.4, 0.5) is 5.69 Å². The highest BCUT2D eigenvalue weighted by atomic mass is 16.5. The summed E-state index contributed by atoms with van der Waals surface area (Å²) in [6, 6.07) is 5.39. The van der Waals surface area contributed by atoms with E-state index in [0.717, 1.165) is 25.7 Å². The molecule has 138 valence electrons. The standard InChI is InChI=1S/C19H23N3O4/c1-10-15(19(24)25)17(20)16-13(22-10)4-3-5-14(16)26-12-8-6-11(7-9-12)18(23)21-2/h3-5,11-12H,6-9H2,1-2H3,(H2,20,22)(H,21,23)(H,24,25). The molecular weight excluding hydrogens is 334 g/mol. The van der Waals surface area contributed by atoms with E-state index in [4.69, 9.17) is 10.5 Å². The maximum atomic E-state index is 11.8. The van der Waals surface area contributed by atoms with Gasteiger partial charge in [0, 0.05) is 13.0 Å². The smallest absolute Gasteiger partial charge is 0.339 e. The number of ether oxygens (including phenoxy) is 1. The number of aromatic carboxylic acids is 1. The van der Waals surface area contributed by atoms with Crippen LogP contribution in [-0.2, 0) is 4.79 Å². The molecule has 1 aromatic carbocycles. The summed E-state index contributed by atoms with van der Waals surface area (Å²) in [5.74, 6) is -0.460. The zero-order valence-corrected chi connectivity index (χ0v) is 14.9. The van der Waals surface area contributed by atoms with Crippen molar-refractivity contribution < 1.29 is 19.4 Å². The summed E-state index contributed by atoms with van der Waals surface area (Å²) < 4.78 is 6.14. The first kappa shape index (κ1) is 18.0. The Balaban J connectivity index is 1.88. The van der Waals surface area contributed by atoms with E-state index in [9.17, 15) is 14.7 Å². The molecule has 1 fully saturated rings. The molecule has 2 aromatic rings. The zero-order valence-electron chi connectivity index (χ0n) is 14.9. The van der Waals surface area contributed by atoms with Crippen molar-refractivity contribution in [1.82, 2.24) is 10.3 Å². The second-order valence-corrected chi connectivity index (χ2v) is 6.65. The van der Waals surface area contributed by atoms with E-state index in [1.165, 1.54) is 0 Å². The number of carbonyl (C=O) groups excluding carboxylic acids is 1. The van der Waals surface area contributed by atoms with Crippen LogP contribution in [0.25, 0.3) is 10.9 Å². The minimum absolute atomic E-state index is 0.0110. The van der Waals surface area contributed by atoms with Crippen LogP contribution in [0.3, 0.4) is 0 Å². The Kier molecular flexibility index (Phi) is 4.97. The van der Waals surface area contributed by atoms with Gasteiger partial charge in [-0.2, -0.15) is 0 Å². The number of hydrogen-bond acceptors (Lipinski definition) is 5.